The molecule has 1 unspecified atom stereocenters. The number of carbonyl (C=O) groups excluding carboxylic acids is 2. The zero-order valence-corrected chi connectivity index (χ0v) is 20.1. The Kier molecular flexibility index (Phi) is 5.91. The van der Waals surface area contributed by atoms with Crippen LogP contribution in [0.5, 0.6) is 0 Å². The lowest BCUT2D eigenvalue weighted by atomic mass is 9.91. The minimum atomic E-state index is -0.375. The maximum Gasteiger partial charge on any atom is 0.235 e. The number of aryl methyl sites for hydroxylation is 1. The number of hydrogen-bond donors (Lipinski definition) is 2. The highest BCUT2D eigenvalue weighted by Gasteiger charge is 2.37. The van der Waals surface area contributed by atoms with E-state index in [2.05, 4.69) is 52.5 Å². The molecule has 5 rings (SSSR count). The standard InChI is InChI=1S/C25H36N6O2/c1-25(2)16-30(13-14-31(25)15-17-9-11-26-12-10-17)20-6-4-5-18-22(28-29(3)23(18)20)19-7-8-21(32)27-24(19)33/h4-6,17,19,26H,7-16H2,1-3H3,(H,27,32,33). The van der Waals surface area contributed by atoms with Gasteiger partial charge in [-0.25, -0.2) is 0 Å². The second-order valence-corrected chi connectivity index (χ2v) is 10.6. The van der Waals surface area contributed by atoms with E-state index in [-0.39, 0.29) is 23.3 Å². The van der Waals surface area contributed by atoms with Gasteiger partial charge in [0.15, 0.2) is 0 Å². The van der Waals surface area contributed by atoms with Crippen molar-refractivity contribution in [3.05, 3.63) is 23.9 Å². The molecule has 1 atom stereocenters. The predicted octanol–water partition coefficient (Wildman–Crippen LogP) is 1.99. The van der Waals surface area contributed by atoms with Crippen LogP contribution in [0, 0.1) is 5.92 Å². The van der Waals surface area contributed by atoms with Crippen LogP contribution >= 0.6 is 0 Å². The second-order valence-electron chi connectivity index (χ2n) is 10.6. The minimum absolute atomic E-state index is 0.0797. The second kappa shape index (κ2) is 8.72. The summed E-state index contributed by atoms with van der Waals surface area (Å²) in [6.45, 7) is 11.2. The molecule has 178 valence electrons. The highest BCUT2D eigenvalue weighted by Crippen LogP contribution is 2.36. The normalized spacial score (nSPS) is 24.9. The number of nitrogens with zero attached hydrogens (tertiary/aromatic N) is 4. The number of fused-ring (bicyclic) bond motifs is 1. The van der Waals surface area contributed by atoms with E-state index in [0.717, 1.165) is 55.2 Å². The Morgan fingerprint density at radius 3 is 2.64 bits per heavy atom. The fraction of sp³-hybridized carbons (Fsp3) is 0.640. The van der Waals surface area contributed by atoms with Crippen LogP contribution in [0.3, 0.4) is 0 Å². The van der Waals surface area contributed by atoms with Crippen LogP contribution in [0.1, 0.15) is 51.1 Å². The number of amides is 2. The number of benzene rings is 1. The molecule has 0 bridgehead atoms. The topological polar surface area (TPSA) is 82.5 Å². The van der Waals surface area contributed by atoms with Crippen molar-refractivity contribution < 1.29 is 9.59 Å². The van der Waals surface area contributed by atoms with Gasteiger partial charge < -0.3 is 10.2 Å². The van der Waals surface area contributed by atoms with Gasteiger partial charge in [-0.1, -0.05) is 12.1 Å². The Morgan fingerprint density at radius 2 is 1.91 bits per heavy atom. The van der Waals surface area contributed by atoms with E-state index in [4.69, 9.17) is 5.10 Å². The largest absolute Gasteiger partial charge is 0.367 e. The molecule has 1 aromatic carbocycles. The molecule has 3 aliphatic rings. The molecule has 2 N–H and O–H groups in total. The summed E-state index contributed by atoms with van der Waals surface area (Å²) in [6, 6.07) is 6.31. The molecule has 3 fully saturated rings. The van der Waals surface area contributed by atoms with Gasteiger partial charge in [-0.15, -0.1) is 0 Å². The van der Waals surface area contributed by atoms with E-state index in [1.165, 1.54) is 25.1 Å². The number of para-hydroxylation sites is 1. The van der Waals surface area contributed by atoms with Gasteiger partial charge >= 0.3 is 0 Å². The summed E-state index contributed by atoms with van der Waals surface area (Å²) in [5.74, 6) is -0.0142. The quantitative estimate of drug-likeness (QED) is 0.691. The molecule has 0 saturated carbocycles. The highest BCUT2D eigenvalue weighted by atomic mass is 16.2. The minimum Gasteiger partial charge on any atom is -0.367 e. The van der Waals surface area contributed by atoms with Crippen molar-refractivity contribution in [2.24, 2.45) is 13.0 Å². The summed E-state index contributed by atoms with van der Waals surface area (Å²) in [7, 11) is 1.96. The van der Waals surface area contributed by atoms with Gasteiger partial charge in [0.1, 0.15) is 0 Å². The highest BCUT2D eigenvalue weighted by molar-refractivity contribution is 6.03. The lowest BCUT2D eigenvalue weighted by molar-refractivity contribution is -0.134. The van der Waals surface area contributed by atoms with Crippen LogP contribution in [-0.4, -0.2) is 71.3 Å². The average molecular weight is 453 g/mol. The first-order valence-corrected chi connectivity index (χ1v) is 12.3. The van der Waals surface area contributed by atoms with E-state index < -0.39 is 0 Å². The van der Waals surface area contributed by atoms with Gasteiger partial charge in [-0.3, -0.25) is 24.5 Å². The Balaban J connectivity index is 1.40. The van der Waals surface area contributed by atoms with Crippen molar-refractivity contribution in [2.75, 3.05) is 44.2 Å². The molecule has 8 nitrogen and oxygen atoms in total. The number of aromatic nitrogens is 2. The van der Waals surface area contributed by atoms with Gasteiger partial charge in [0.25, 0.3) is 0 Å². The van der Waals surface area contributed by atoms with Crippen molar-refractivity contribution in [1.82, 2.24) is 25.3 Å². The number of anilines is 1. The van der Waals surface area contributed by atoms with Crippen LogP contribution in [0.4, 0.5) is 5.69 Å². The fourth-order valence-electron chi connectivity index (χ4n) is 5.92. The predicted molar refractivity (Wildman–Crippen MR) is 129 cm³/mol. The number of hydrogen-bond acceptors (Lipinski definition) is 6. The summed E-state index contributed by atoms with van der Waals surface area (Å²) in [5.41, 5.74) is 3.11. The fourth-order valence-corrected chi connectivity index (χ4v) is 5.92. The average Bonchev–Trinajstić information content (AvgIpc) is 3.12. The van der Waals surface area contributed by atoms with Crippen molar-refractivity contribution in [3.8, 4) is 0 Å². The molecular weight excluding hydrogens is 416 g/mol. The number of imide groups is 1. The summed E-state index contributed by atoms with van der Waals surface area (Å²) >= 11 is 0. The monoisotopic (exact) mass is 452 g/mol. The Bertz CT molecular complexity index is 1050. The number of nitrogens with one attached hydrogen (secondary N) is 2. The number of rotatable bonds is 4. The van der Waals surface area contributed by atoms with E-state index in [0.29, 0.717) is 12.8 Å². The third-order valence-electron chi connectivity index (χ3n) is 7.79. The van der Waals surface area contributed by atoms with Crippen molar-refractivity contribution in [1.29, 1.82) is 0 Å². The third kappa shape index (κ3) is 4.26. The summed E-state index contributed by atoms with van der Waals surface area (Å²) in [6.07, 6.45) is 3.42. The number of carbonyl (C=O) groups is 2. The Morgan fingerprint density at radius 1 is 1.12 bits per heavy atom. The molecule has 33 heavy (non-hydrogen) atoms. The van der Waals surface area contributed by atoms with E-state index >= 15 is 0 Å². The number of piperidine rings is 2. The van der Waals surface area contributed by atoms with Crippen LogP contribution in [0.25, 0.3) is 10.9 Å². The van der Waals surface area contributed by atoms with Gasteiger partial charge in [0.05, 0.1) is 22.8 Å². The SMILES string of the molecule is Cn1nc(C2CCC(=O)NC2=O)c2cccc(N3CCN(CC4CCNCC4)C(C)(C)C3)c21. The van der Waals surface area contributed by atoms with Gasteiger partial charge in [-0.05, 0) is 58.2 Å². The van der Waals surface area contributed by atoms with Crippen LogP contribution in [0.15, 0.2) is 18.2 Å². The molecular formula is C25H36N6O2. The Hall–Kier alpha value is -2.45. The first-order valence-electron chi connectivity index (χ1n) is 12.3. The molecule has 2 aromatic rings. The summed E-state index contributed by atoms with van der Waals surface area (Å²) < 4.78 is 1.91. The zero-order chi connectivity index (χ0) is 23.2. The summed E-state index contributed by atoms with van der Waals surface area (Å²) in [4.78, 5) is 29.3. The molecule has 1 aromatic heterocycles. The van der Waals surface area contributed by atoms with E-state index in [9.17, 15) is 9.59 Å². The van der Waals surface area contributed by atoms with Crippen LogP contribution in [-0.2, 0) is 16.6 Å². The molecule has 0 spiro atoms. The lowest BCUT2D eigenvalue weighted by Crippen LogP contribution is -2.60. The van der Waals surface area contributed by atoms with E-state index in [1.54, 1.807) is 0 Å². The van der Waals surface area contributed by atoms with Gasteiger partial charge in [-0.2, -0.15) is 5.10 Å². The molecule has 0 radical (unpaired) electrons. The lowest BCUT2D eigenvalue weighted by Gasteiger charge is -2.49. The van der Waals surface area contributed by atoms with Crippen LogP contribution < -0.4 is 15.5 Å². The van der Waals surface area contributed by atoms with Gasteiger partial charge in [0, 0.05) is 50.6 Å². The van der Waals surface area contributed by atoms with Crippen molar-refractivity contribution in [3.63, 3.8) is 0 Å². The van der Waals surface area contributed by atoms with Crippen molar-refractivity contribution in [2.45, 2.75) is 51.0 Å². The maximum absolute atomic E-state index is 12.5. The van der Waals surface area contributed by atoms with E-state index in [1.807, 2.05) is 11.7 Å². The summed E-state index contributed by atoms with van der Waals surface area (Å²) in [5, 5.41) is 11.7. The van der Waals surface area contributed by atoms with Crippen molar-refractivity contribution >= 4 is 28.4 Å². The smallest absolute Gasteiger partial charge is 0.235 e. The first-order chi connectivity index (χ1) is 15.8. The molecule has 3 aliphatic heterocycles. The third-order valence-corrected chi connectivity index (χ3v) is 7.79. The molecule has 8 heteroatoms. The molecule has 0 aliphatic carbocycles. The number of piperazine rings is 1. The molecule has 2 amide bonds. The van der Waals surface area contributed by atoms with Crippen LogP contribution in [0.2, 0.25) is 0 Å². The zero-order valence-electron chi connectivity index (χ0n) is 20.1. The van der Waals surface area contributed by atoms with Gasteiger partial charge in [0.2, 0.25) is 11.8 Å². The Labute approximate surface area is 195 Å². The first kappa shape index (κ1) is 22.3. The molecule has 3 saturated heterocycles. The molecule has 4 heterocycles. The maximum atomic E-state index is 12.5.